The number of carbonyl (C=O) groups excluding carboxylic acids is 1. The number of rotatable bonds is 5. The minimum absolute atomic E-state index is 0.237. The van der Waals surface area contributed by atoms with Crippen LogP contribution >= 0.6 is 11.8 Å². The standard InChI is InChI=1S/C23H20F3N3O2S/c1-31-21-12-16-8-11-29(20(16)13-19(21)23(24,25)26)22(30)28-17-4-2-15(3-5-17)14-32-18-6-9-27-10-7-18/h2-7,9-10,12-13H,8,11,14H2,1H3,(H,28,30). The second kappa shape index (κ2) is 9.12. The molecule has 1 aromatic heterocycles. The number of hydrogen-bond donors (Lipinski definition) is 1. The zero-order valence-corrected chi connectivity index (χ0v) is 18.0. The first-order valence-electron chi connectivity index (χ1n) is 9.83. The number of alkyl halides is 3. The number of urea groups is 1. The molecule has 0 atom stereocenters. The number of thioether (sulfide) groups is 1. The van der Waals surface area contributed by atoms with Crippen LogP contribution in [0.5, 0.6) is 5.75 Å². The number of nitrogens with one attached hydrogen (secondary N) is 1. The number of methoxy groups -OCH3 is 1. The molecule has 4 rings (SSSR count). The van der Waals surface area contributed by atoms with Crippen LogP contribution in [0.1, 0.15) is 16.7 Å². The molecule has 166 valence electrons. The molecule has 0 fully saturated rings. The van der Waals surface area contributed by atoms with Gasteiger partial charge in [-0.05, 0) is 53.9 Å². The van der Waals surface area contributed by atoms with Gasteiger partial charge < -0.3 is 10.1 Å². The lowest BCUT2D eigenvalue weighted by Gasteiger charge is -2.20. The summed E-state index contributed by atoms with van der Waals surface area (Å²) in [4.78, 5) is 19.2. The minimum Gasteiger partial charge on any atom is -0.496 e. The van der Waals surface area contributed by atoms with E-state index in [1.165, 1.54) is 18.1 Å². The number of ether oxygens (including phenoxy) is 1. The van der Waals surface area contributed by atoms with Crippen LogP contribution in [0.15, 0.2) is 65.8 Å². The Morgan fingerprint density at radius 3 is 2.53 bits per heavy atom. The van der Waals surface area contributed by atoms with E-state index in [1.54, 1.807) is 36.3 Å². The molecule has 0 aliphatic carbocycles. The molecule has 2 amide bonds. The molecule has 9 heteroatoms. The number of nitrogens with zero attached hydrogens (tertiary/aromatic N) is 2. The Kier molecular flexibility index (Phi) is 6.27. The number of pyridine rings is 1. The van der Waals surface area contributed by atoms with Gasteiger partial charge in [0.25, 0.3) is 0 Å². The predicted octanol–water partition coefficient (Wildman–Crippen LogP) is 6.00. The van der Waals surface area contributed by atoms with Crippen molar-refractivity contribution in [3.05, 3.63) is 77.6 Å². The summed E-state index contributed by atoms with van der Waals surface area (Å²) >= 11 is 1.67. The van der Waals surface area contributed by atoms with Gasteiger partial charge in [0.05, 0.1) is 12.7 Å². The first-order valence-corrected chi connectivity index (χ1v) is 10.8. The molecule has 0 saturated heterocycles. The summed E-state index contributed by atoms with van der Waals surface area (Å²) in [5.41, 5.74) is 1.66. The second-order valence-electron chi connectivity index (χ2n) is 7.18. The normalized spacial score (nSPS) is 13.1. The van der Waals surface area contributed by atoms with Crippen LogP contribution in [0.3, 0.4) is 0 Å². The lowest BCUT2D eigenvalue weighted by molar-refractivity contribution is -0.138. The highest BCUT2D eigenvalue weighted by Crippen LogP contribution is 2.42. The van der Waals surface area contributed by atoms with Crippen molar-refractivity contribution in [1.82, 2.24) is 4.98 Å². The third-order valence-corrected chi connectivity index (χ3v) is 6.19. The van der Waals surface area contributed by atoms with E-state index in [1.807, 2.05) is 24.3 Å². The van der Waals surface area contributed by atoms with Crippen LogP contribution in [0.25, 0.3) is 0 Å². The Labute approximate surface area is 187 Å². The van der Waals surface area contributed by atoms with Crippen LogP contribution in [-0.4, -0.2) is 24.7 Å². The van der Waals surface area contributed by atoms with Crippen LogP contribution in [0, 0.1) is 0 Å². The monoisotopic (exact) mass is 459 g/mol. The summed E-state index contributed by atoms with van der Waals surface area (Å²) in [6.07, 6.45) is -0.631. The molecule has 1 aliphatic heterocycles. The van der Waals surface area contributed by atoms with Crippen molar-refractivity contribution in [1.29, 1.82) is 0 Å². The molecule has 0 unspecified atom stereocenters. The average molecular weight is 459 g/mol. The summed E-state index contributed by atoms with van der Waals surface area (Å²) in [5, 5.41) is 2.77. The van der Waals surface area contributed by atoms with Gasteiger partial charge in [-0.3, -0.25) is 9.88 Å². The highest BCUT2D eigenvalue weighted by atomic mass is 32.2. The highest BCUT2D eigenvalue weighted by Gasteiger charge is 2.37. The highest BCUT2D eigenvalue weighted by molar-refractivity contribution is 7.98. The number of amides is 2. The van der Waals surface area contributed by atoms with E-state index in [9.17, 15) is 18.0 Å². The quantitative estimate of drug-likeness (QED) is 0.476. The van der Waals surface area contributed by atoms with E-state index in [0.717, 1.165) is 22.3 Å². The Balaban J connectivity index is 1.44. The van der Waals surface area contributed by atoms with E-state index in [0.29, 0.717) is 24.2 Å². The van der Waals surface area contributed by atoms with Crippen molar-refractivity contribution in [3.8, 4) is 5.75 Å². The fourth-order valence-corrected chi connectivity index (χ4v) is 4.33. The number of carbonyl (C=O) groups is 1. The zero-order chi connectivity index (χ0) is 22.7. The molecule has 0 spiro atoms. The third kappa shape index (κ3) is 4.83. The SMILES string of the molecule is COc1cc2c(cc1C(F)(F)F)N(C(=O)Nc1ccc(CSc3ccncc3)cc1)CC2. The number of anilines is 2. The van der Waals surface area contributed by atoms with Gasteiger partial charge in [0.1, 0.15) is 5.75 Å². The molecule has 1 N–H and O–H groups in total. The fraction of sp³-hybridized carbons (Fsp3) is 0.217. The summed E-state index contributed by atoms with van der Waals surface area (Å²) in [7, 11) is 1.20. The molecular weight excluding hydrogens is 439 g/mol. The van der Waals surface area contributed by atoms with E-state index in [4.69, 9.17) is 4.74 Å². The largest absolute Gasteiger partial charge is 0.496 e. The number of aromatic nitrogens is 1. The van der Waals surface area contributed by atoms with Gasteiger partial charge in [0.15, 0.2) is 0 Å². The molecule has 0 bridgehead atoms. The molecule has 32 heavy (non-hydrogen) atoms. The van der Waals surface area contributed by atoms with Crippen molar-refractivity contribution < 1.29 is 22.7 Å². The van der Waals surface area contributed by atoms with Crippen molar-refractivity contribution in [2.24, 2.45) is 0 Å². The maximum atomic E-state index is 13.4. The van der Waals surface area contributed by atoms with Crippen molar-refractivity contribution >= 4 is 29.2 Å². The van der Waals surface area contributed by atoms with Crippen LogP contribution in [0.4, 0.5) is 29.3 Å². The van der Waals surface area contributed by atoms with Gasteiger partial charge in [-0.2, -0.15) is 13.2 Å². The average Bonchev–Trinajstić information content (AvgIpc) is 3.21. The Hall–Kier alpha value is -3.20. The van der Waals surface area contributed by atoms with Crippen LogP contribution < -0.4 is 15.0 Å². The van der Waals surface area contributed by atoms with Gasteiger partial charge in [-0.15, -0.1) is 11.8 Å². The van der Waals surface area contributed by atoms with E-state index in [2.05, 4.69) is 10.3 Å². The van der Waals surface area contributed by atoms with Gasteiger partial charge in [0, 0.05) is 41.0 Å². The van der Waals surface area contributed by atoms with E-state index < -0.39 is 17.8 Å². The smallest absolute Gasteiger partial charge is 0.420 e. The topological polar surface area (TPSA) is 54.5 Å². The molecule has 2 aromatic carbocycles. The lowest BCUT2D eigenvalue weighted by Crippen LogP contribution is -2.33. The number of hydrogen-bond acceptors (Lipinski definition) is 4. The Morgan fingerprint density at radius 1 is 1.16 bits per heavy atom. The first kappa shape index (κ1) is 22.0. The molecule has 3 aromatic rings. The third-order valence-electron chi connectivity index (χ3n) is 5.11. The minimum atomic E-state index is -4.57. The maximum absolute atomic E-state index is 13.4. The maximum Gasteiger partial charge on any atom is 0.420 e. The van der Waals surface area contributed by atoms with E-state index >= 15 is 0 Å². The number of halogens is 3. The molecule has 5 nitrogen and oxygen atoms in total. The molecular formula is C23H20F3N3O2S. The van der Waals surface area contributed by atoms with Gasteiger partial charge in [0.2, 0.25) is 0 Å². The summed E-state index contributed by atoms with van der Waals surface area (Å²) < 4.78 is 45.1. The lowest BCUT2D eigenvalue weighted by atomic mass is 10.1. The Bertz CT molecular complexity index is 1110. The first-order chi connectivity index (χ1) is 15.3. The van der Waals surface area contributed by atoms with Gasteiger partial charge in [-0.1, -0.05) is 12.1 Å². The Morgan fingerprint density at radius 2 is 1.88 bits per heavy atom. The summed E-state index contributed by atoms with van der Waals surface area (Å²) in [5.74, 6) is 0.526. The van der Waals surface area contributed by atoms with Crippen molar-refractivity contribution in [3.63, 3.8) is 0 Å². The summed E-state index contributed by atoms with van der Waals surface area (Å²) in [6, 6.07) is 13.1. The van der Waals surface area contributed by atoms with E-state index in [-0.39, 0.29) is 11.4 Å². The second-order valence-corrected chi connectivity index (χ2v) is 8.23. The fourth-order valence-electron chi connectivity index (χ4n) is 3.49. The predicted molar refractivity (Wildman–Crippen MR) is 118 cm³/mol. The summed E-state index contributed by atoms with van der Waals surface area (Å²) in [6.45, 7) is 0.298. The molecule has 2 heterocycles. The molecule has 0 radical (unpaired) electrons. The van der Waals surface area contributed by atoms with Crippen LogP contribution in [0.2, 0.25) is 0 Å². The molecule has 0 saturated carbocycles. The van der Waals surface area contributed by atoms with Crippen molar-refractivity contribution in [2.75, 3.05) is 23.9 Å². The van der Waals surface area contributed by atoms with Crippen LogP contribution in [-0.2, 0) is 18.3 Å². The van der Waals surface area contributed by atoms with Crippen molar-refractivity contribution in [2.45, 2.75) is 23.2 Å². The molecule has 1 aliphatic rings. The number of benzene rings is 2. The van der Waals surface area contributed by atoms with Gasteiger partial charge >= 0.3 is 12.2 Å². The number of fused-ring (bicyclic) bond motifs is 1. The zero-order valence-electron chi connectivity index (χ0n) is 17.1. The van der Waals surface area contributed by atoms with Gasteiger partial charge in [-0.25, -0.2) is 4.79 Å².